The van der Waals surface area contributed by atoms with Gasteiger partial charge in [-0.15, -0.1) is 0 Å². The van der Waals surface area contributed by atoms with Crippen LogP contribution in [0.5, 0.6) is 0 Å². The van der Waals surface area contributed by atoms with Gasteiger partial charge in [-0.1, -0.05) is 0 Å². The molecule has 0 saturated heterocycles. The predicted molar refractivity (Wildman–Crippen MR) is 48.5 cm³/mol. The highest BCUT2D eigenvalue weighted by molar-refractivity contribution is 4.99. The van der Waals surface area contributed by atoms with E-state index < -0.39 is 0 Å². The van der Waals surface area contributed by atoms with Gasteiger partial charge in [0.1, 0.15) is 12.6 Å². The highest BCUT2D eigenvalue weighted by Crippen LogP contribution is 2.12. The molecule has 15 heavy (non-hydrogen) atoms. The number of quaternary nitrogens is 2. The molecule has 0 aromatic heterocycles. The molecule has 0 bridgehead atoms. The van der Waals surface area contributed by atoms with Crippen molar-refractivity contribution in [3.63, 3.8) is 0 Å². The fraction of sp³-hybridized carbons (Fsp3) is 0.778. The van der Waals surface area contributed by atoms with Crippen LogP contribution < -0.4 is 36.3 Å². The molecule has 1 aliphatic heterocycles. The Labute approximate surface area is 103 Å². The maximum atomic E-state index is 5.62. The fourth-order valence-corrected chi connectivity index (χ4v) is 1.24. The average Bonchev–Trinajstić information content (AvgIpc) is 2.08. The quantitative estimate of drug-likeness (QED) is 0.494. The molecular weight excluding hydrogens is 239 g/mol. The van der Waals surface area contributed by atoms with Crippen LogP contribution in [-0.4, -0.2) is 31.1 Å². The second-order valence-corrected chi connectivity index (χ2v) is 3.57. The molecule has 0 aromatic rings. The van der Waals surface area contributed by atoms with E-state index in [4.69, 9.17) is 9.47 Å². The fourth-order valence-electron chi connectivity index (χ4n) is 1.24. The topological polar surface area (TPSA) is 73.7 Å². The minimum absolute atomic E-state index is 0. The van der Waals surface area contributed by atoms with E-state index in [-0.39, 0.29) is 49.4 Å². The van der Waals surface area contributed by atoms with Crippen LogP contribution >= 0.6 is 0 Å². The maximum absolute atomic E-state index is 5.62. The highest BCUT2D eigenvalue weighted by Gasteiger charge is 2.28. The molecule has 1 rings (SSSR count). The van der Waals surface area contributed by atoms with E-state index in [9.17, 15) is 0 Å². The molecule has 4 nitrogen and oxygen atoms in total. The Morgan fingerprint density at radius 2 is 1.93 bits per heavy atom. The summed E-state index contributed by atoms with van der Waals surface area (Å²) in [4.78, 5) is 0. The molecule has 3 atom stereocenters. The van der Waals surface area contributed by atoms with E-state index in [1.807, 2.05) is 26.0 Å². The second-order valence-electron chi connectivity index (χ2n) is 3.57. The van der Waals surface area contributed by atoms with Gasteiger partial charge < -0.3 is 45.8 Å². The van der Waals surface area contributed by atoms with Gasteiger partial charge in [0, 0.05) is 0 Å². The van der Waals surface area contributed by atoms with Gasteiger partial charge >= 0.3 is 0 Å². The summed E-state index contributed by atoms with van der Waals surface area (Å²) in [6.45, 7) is 4.72. The normalized spacial score (nSPS) is 29.5. The first-order valence-corrected chi connectivity index (χ1v) is 4.75. The van der Waals surface area contributed by atoms with Crippen LogP contribution in [0.4, 0.5) is 0 Å². The van der Waals surface area contributed by atoms with E-state index >= 15 is 0 Å². The van der Waals surface area contributed by atoms with Crippen molar-refractivity contribution < 1.29 is 45.8 Å². The summed E-state index contributed by atoms with van der Waals surface area (Å²) in [5.41, 5.74) is 7.74. The molecule has 0 aromatic carbocycles. The first kappa shape index (κ1) is 17.6. The molecule has 1 aliphatic rings. The lowest BCUT2D eigenvalue weighted by Gasteiger charge is -2.28. The molecule has 0 aliphatic carbocycles. The summed E-state index contributed by atoms with van der Waals surface area (Å²) in [5.74, 6) is 0. The second kappa shape index (κ2) is 8.33. The third-order valence-electron chi connectivity index (χ3n) is 1.92. The Hall–Kier alpha value is 0.160. The van der Waals surface area contributed by atoms with Crippen molar-refractivity contribution in [1.29, 1.82) is 0 Å². The van der Waals surface area contributed by atoms with Gasteiger partial charge in [-0.2, -0.15) is 0 Å². The number of hydrogen-bond donors (Lipinski definition) is 2. The summed E-state index contributed by atoms with van der Waals surface area (Å²) in [6, 6.07) is 0.0881. The molecule has 0 unspecified atom stereocenters. The lowest BCUT2D eigenvalue weighted by atomic mass is 10.1. The first-order chi connectivity index (χ1) is 6.13. The Morgan fingerprint density at radius 3 is 2.40 bits per heavy atom. The van der Waals surface area contributed by atoms with E-state index in [1.54, 1.807) is 0 Å². The molecule has 1 heterocycles. The zero-order valence-electron chi connectivity index (χ0n) is 9.16. The Kier molecular flexibility index (Phi) is 9.74. The molecule has 0 fully saturated rings. The van der Waals surface area contributed by atoms with E-state index in [2.05, 4.69) is 11.5 Å². The van der Waals surface area contributed by atoms with Gasteiger partial charge in [0.2, 0.25) is 6.29 Å². The average molecular weight is 259 g/mol. The Morgan fingerprint density at radius 1 is 1.33 bits per heavy atom. The van der Waals surface area contributed by atoms with Gasteiger partial charge in [-0.3, -0.25) is 0 Å². The molecule has 0 saturated carbocycles. The number of hydrogen-bond acceptors (Lipinski definition) is 2. The van der Waals surface area contributed by atoms with E-state index in [0.717, 1.165) is 6.54 Å². The van der Waals surface area contributed by atoms with E-state index in [0.29, 0.717) is 0 Å². The van der Waals surface area contributed by atoms with Crippen LogP contribution in [0, 0.1) is 0 Å². The van der Waals surface area contributed by atoms with Crippen molar-refractivity contribution in [2.24, 2.45) is 0 Å². The van der Waals surface area contributed by atoms with Crippen LogP contribution in [-0.2, 0) is 9.47 Å². The van der Waals surface area contributed by atoms with Crippen molar-refractivity contribution in [2.75, 3.05) is 6.54 Å². The van der Waals surface area contributed by atoms with Crippen LogP contribution in [0.25, 0.3) is 0 Å². The summed E-state index contributed by atoms with van der Waals surface area (Å²) in [7, 11) is 0. The molecule has 92 valence electrons. The standard InChI is InChI=1S/C9H18N2O2.2ClH/c1-6(2)12-9-8(11)4-3-7(5-10)13-9;;/h3-4,6-9H,5,10-11H2,1-2H3;2*1H/t7-,8-,9-;;/m0../s1. The predicted octanol–water partition coefficient (Wildman–Crippen LogP) is -7.45. The Bertz CT molecular complexity index is 191. The van der Waals surface area contributed by atoms with Crippen LogP contribution in [0.2, 0.25) is 0 Å². The van der Waals surface area contributed by atoms with Crippen molar-refractivity contribution in [3.05, 3.63) is 12.2 Å². The SMILES string of the molecule is CC(C)O[C@H]1O[C@H](C[NH3+])C=C[C@@H]1[NH3+].[Cl-].[Cl-]. The lowest BCUT2D eigenvalue weighted by molar-refractivity contribution is -0.461. The van der Waals surface area contributed by atoms with Gasteiger partial charge in [0.05, 0.1) is 6.10 Å². The van der Waals surface area contributed by atoms with Crippen LogP contribution in [0.15, 0.2) is 12.2 Å². The highest BCUT2D eigenvalue weighted by atomic mass is 35.5. The minimum Gasteiger partial charge on any atom is -1.00 e. The summed E-state index contributed by atoms with van der Waals surface area (Å²) in [6.07, 6.45) is 4.08. The van der Waals surface area contributed by atoms with Gasteiger partial charge in [-0.05, 0) is 26.0 Å². The van der Waals surface area contributed by atoms with Crippen molar-refractivity contribution in [3.8, 4) is 0 Å². The first-order valence-electron chi connectivity index (χ1n) is 4.75. The number of rotatable bonds is 3. The van der Waals surface area contributed by atoms with Crippen molar-refractivity contribution in [1.82, 2.24) is 0 Å². The zero-order chi connectivity index (χ0) is 9.84. The van der Waals surface area contributed by atoms with Gasteiger partial charge in [-0.25, -0.2) is 0 Å². The van der Waals surface area contributed by atoms with Crippen molar-refractivity contribution in [2.45, 2.75) is 38.4 Å². The maximum Gasteiger partial charge on any atom is 0.215 e. The largest absolute Gasteiger partial charge is 1.00 e. The summed E-state index contributed by atoms with van der Waals surface area (Å²) >= 11 is 0. The molecular formula is C9H20Cl2N2O2. The minimum atomic E-state index is -0.211. The zero-order valence-corrected chi connectivity index (χ0v) is 10.7. The molecule has 6 N–H and O–H groups in total. The Balaban J connectivity index is 0. The molecule has 6 heteroatoms. The van der Waals surface area contributed by atoms with Crippen molar-refractivity contribution >= 4 is 0 Å². The molecule has 0 radical (unpaired) electrons. The summed E-state index contributed by atoms with van der Waals surface area (Å²) < 4.78 is 11.2. The molecule has 0 spiro atoms. The lowest BCUT2D eigenvalue weighted by Crippen LogP contribution is -3.00. The molecule has 0 amide bonds. The van der Waals surface area contributed by atoms with Crippen LogP contribution in [0.3, 0.4) is 0 Å². The summed E-state index contributed by atoms with van der Waals surface area (Å²) in [5, 5.41) is 0. The van der Waals surface area contributed by atoms with Gasteiger partial charge in [0.25, 0.3) is 0 Å². The van der Waals surface area contributed by atoms with E-state index in [1.165, 1.54) is 0 Å². The third-order valence-corrected chi connectivity index (χ3v) is 1.92. The van der Waals surface area contributed by atoms with Gasteiger partial charge in [0.15, 0.2) is 6.04 Å². The van der Waals surface area contributed by atoms with Crippen LogP contribution in [0.1, 0.15) is 13.8 Å². The number of halogens is 2. The monoisotopic (exact) mass is 258 g/mol. The number of ether oxygens (including phenoxy) is 2. The smallest absolute Gasteiger partial charge is 0.215 e. The third kappa shape index (κ3) is 5.70.